The Bertz CT molecular complexity index is 671. The smallest absolute Gasteiger partial charge is 0.387 e. The first-order valence-corrected chi connectivity index (χ1v) is 6.61. The number of rotatable bonds is 6. The highest BCUT2D eigenvalue weighted by Gasteiger charge is 2.03. The molecule has 7 heteroatoms. The lowest BCUT2D eigenvalue weighted by molar-refractivity contribution is -0.111. The van der Waals surface area contributed by atoms with E-state index in [-0.39, 0.29) is 11.7 Å². The first-order valence-electron chi connectivity index (χ1n) is 6.61. The molecule has 0 saturated carbocycles. The van der Waals surface area contributed by atoms with Crippen LogP contribution in [-0.4, -0.2) is 24.6 Å². The van der Waals surface area contributed by atoms with Crippen molar-refractivity contribution in [2.75, 3.05) is 12.4 Å². The molecule has 23 heavy (non-hydrogen) atoms. The molecule has 0 bridgehead atoms. The van der Waals surface area contributed by atoms with Gasteiger partial charge in [0.2, 0.25) is 11.8 Å². The van der Waals surface area contributed by atoms with Crippen molar-refractivity contribution in [2.24, 2.45) is 0 Å². The number of methoxy groups -OCH3 is 1. The Morgan fingerprint density at radius 2 is 1.96 bits per heavy atom. The van der Waals surface area contributed by atoms with Crippen LogP contribution in [-0.2, 0) is 4.79 Å². The zero-order valence-corrected chi connectivity index (χ0v) is 12.2. The normalized spacial score (nSPS) is 10.8. The van der Waals surface area contributed by atoms with Crippen LogP contribution in [0.1, 0.15) is 5.56 Å². The van der Waals surface area contributed by atoms with Gasteiger partial charge < -0.3 is 14.8 Å². The Morgan fingerprint density at radius 1 is 1.22 bits per heavy atom. The molecule has 0 fully saturated rings. The first-order chi connectivity index (χ1) is 11.1. The van der Waals surface area contributed by atoms with Gasteiger partial charge in [0.15, 0.2) is 0 Å². The highest BCUT2D eigenvalue weighted by Crippen LogP contribution is 2.16. The van der Waals surface area contributed by atoms with Crippen LogP contribution in [0.5, 0.6) is 11.6 Å². The number of nitrogens with zero attached hydrogens (tertiary/aromatic N) is 1. The van der Waals surface area contributed by atoms with Crippen molar-refractivity contribution in [1.82, 2.24) is 4.98 Å². The average Bonchev–Trinajstić information content (AvgIpc) is 2.54. The van der Waals surface area contributed by atoms with E-state index >= 15 is 0 Å². The number of halogens is 2. The molecule has 0 radical (unpaired) electrons. The fourth-order valence-electron chi connectivity index (χ4n) is 1.69. The molecule has 1 N–H and O–H groups in total. The molecule has 1 aromatic carbocycles. The number of benzene rings is 1. The van der Waals surface area contributed by atoms with Crippen LogP contribution in [0.25, 0.3) is 6.08 Å². The zero-order valence-electron chi connectivity index (χ0n) is 12.2. The van der Waals surface area contributed by atoms with Gasteiger partial charge in [0, 0.05) is 12.1 Å². The molecule has 0 saturated heterocycles. The minimum atomic E-state index is -2.86. The quantitative estimate of drug-likeness (QED) is 0.829. The van der Waals surface area contributed by atoms with Crippen LogP contribution in [0, 0.1) is 0 Å². The molecule has 0 atom stereocenters. The lowest BCUT2D eigenvalue weighted by Crippen LogP contribution is -2.07. The third kappa shape index (κ3) is 5.39. The summed E-state index contributed by atoms with van der Waals surface area (Å²) in [6.45, 7) is -2.86. The predicted molar refractivity (Wildman–Crippen MR) is 81.5 cm³/mol. The van der Waals surface area contributed by atoms with Crippen LogP contribution in [0.4, 0.5) is 14.5 Å². The summed E-state index contributed by atoms with van der Waals surface area (Å²) in [5.41, 5.74) is 1.20. The standard InChI is InChI=1S/C16H14F2N2O3/c1-22-15-9-5-12(10-19-15)20-14(21)8-4-11-2-6-13(7-3-11)23-16(17)18/h2-10,16H,1H3,(H,20,21)/b8-4+. The maximum absolute atomic E-state index is 12.0. The molecular weight excluding hydrogens is 306 g/mol. The lowest BCUT2D eigenvalue weighted by atomic mass is 10.2. The molecular formula is C16H14F2N2O3. The number of amides is 1. The maximum Gasteiger partial charge on any atom is 0.387 e. The molecule has 0 aliphatic rings. The Hall–Kier alpha value is -2.96. The van der Waals surface area contributed by atoms with Crippen molar-refractivity contribution < 1.29 is 23.0 Å². The fraction of sp³-hybridized carbons (Fsp3) is 0.125. The minimum Gasteiger partial charge on any atom is -0.481 e. The SMILES string of the molecule is COc1ccc(NC(=O)/C=C/c2ccc(OC(F)F)cc2)cn1. The molecule has 1 aromatic heterocycles. The number of hydrogen-bond donors (Lipinski definition) is 1. The number of carbonyl (C=O) groups is 1. The zero-order chi connectivity index (χ0) is 16.7. The Balaban J connectivity index is 1.92. The topological polar surface area (TPSA) is 60.5 Å². The third-order valence-electron chi connectivity index (χ3n) is 2.75. The van der Waals surface area contributed by atoms with Crippen molar-refractivity contribution in [3.8, 4) is 11.6 Å². The first kappa shape index (κ1) is 16.4. The van der Waals surface area contributed by atoms with Gasteiger partial charge in [0.1, 0.15) is 5.75 Å². The van der Waals surface area contributed by atoms with E-state index in [0.29, 0.717) is 17.1 Å². The van der Waals surface area contributed by atoms with Gasteiger partial charge in [-0.25, -0.2) is 4.98 Å². The van der Waals surface area contributed by atoms with Crippen LogP contribution in [0.3, 0.4) is 0 Å². The number of hydrogen-bond acceptors (Lipinski definition) is 4. The van der Waals surface area contributed by atoms with Gasteiger partial charge in [-0.2, -0.15) is 8.78 Å². The summed E-state index contributed by atoms with van der Waals surface area (Å²) in [5, 5.41) is 2.63. The van der Waals surface area contributed by atoms with Crippen molar-refractivity contribution in [2.45, 2.75) is 6.61 Å². The monoisotopic (exact) mass is 320 g/mol. The molecule has 1 amide bonds. The van der Waals surface area contributed by atoms with E-state index in [4.69, 9.17) is 4.74 Å². The summed E-state index contributed by atoms with van der Waals surface area (Å²) in [6.07, 6.45) is 4.35. The number of carbonyl (C=O) groups excluding carboxylic acids is 1. The van der Waals surface area contributed by atoms with Crippen molar-refractivity contribution in [3.05, 3.63) is 54.2 Å². The van der Waals surface area contributed by atoms with Gasteiger partial charge in [0.25, 0.3) is 0 Å². The second kappa shape index (κ2) is 7.88. The van der Waals surface area contributed by atoms with Gasteiger partial charge in [-0.1, -0.05) is 12.1 Å². The Morgan fingerprint density at radius 3 is 2.52 bits per heavy atom. The van der Waals surface area contributed by atoms with E-state index in [1.807, 2.05) is 0 Å². The molecule has 2 rings (SSSR count). The van der Waals surface area contributed by atoms with E-state index < -0.39 is 6.61 Å². The maximum atomic E-state index is 12.0. The van der Waals surface area contributed by atoms with Gasteiger partial charge in [-0.15, -0.1) is 0 Å². The number of pyridine rings is 1. The van der Waals surface area contributed by atoms with Gasteiger partial charge in [-0.05, 0) is 29.8 Å². The van der Waals surface area contributed by atoms with Crippen molar-refractivity contribution in [1.29, 1.82) is 0 Å². The van der Waals surface area contributed by atoms with Crippen LogP contribution in [0.2, 0.25) is 0 Å². The average molecular weight is 320 g/mol. The molecule has 5 nitrogen and oxygen atoms in total. The second-order valence-corrected chi connectivity index (χ2v) is 4.36. The molecule has 0 unspecified atom stereocenters. The lowest BCUT2D eigenvalue weighted by Gasteiger charge is -2.04. The summed E-state index contributed by atoms with van der Waals surface area (Å²) < 4.78 is 33.2. The molecule has 0 aliphatic heterocycles. The highest BCUT2D eigenvalue weighted by atomic mass is 19.3. The molecule has 120 valence electrons. The Kier molecular flexibility index (Phi) is 5.62. The van der Waals surface area contributed by atoms with Crippen LogP contribution < -0.4 is 14.8 Å². The highest BCUT2D eigenvalue weighted by molar-refractivity contribution is 6.01. The number of anilines is 1. The van der Waals surface area contributed by atoms with E-state index in [1.165, 1.54) is 31.5 Å². The fourth-order valence-corrected chi connectivity index (χ4v) is 1.69. The van der Waals surface area contributed by atoms with Gasteiger partial charge >= 0.3 is 6.61 Å². The van der Waals surface area contributed by atoms with Crippen molar-refractivity contribution in [3.63, 3.8) is 0 Å². The largest absolute Gasteiger partial charge is 0.481 e. The second-order valence-electron chi connectivity index (χ2n) is 4.36. The van der Waals surface area contributed by atoms with Crippen LogP contribution >= 0.6 is 0 Å². The van der Waals surface area contributed by atoms with Gasteiger partial charge in [0.05, 0.1) is 19.0 Å². The van der Waals surface area contributed by atoms with E-state index in [2.05, 4.69) is 15.0 Å². The van der Waals surface area contributed by atoms with E-state index in [1.54, 1.807) is 30.3 Å². The number of nitrogens with one attached hydrogen (secondary N) is 1. The molecule has 2 aromatic rings. The summed E-state index contributed by atoms with van der Waals surface area (Å²) in [6, 6.07) is 9.22. The summed E-state index contributed by atoms with van der Waals surface area (Å²) in [7, 11) is 1.50. The predicted octanol–water partition coefficient (Wildman–Crippen LogP) is 3.34. The summed E-state index contributed by atoms with van der Waals surface area (Å²) >= 11 is 0. The van der Waals surface area contributed by atoms with Crippen LogP contribution in [0.15, 0.2) is 48.7 Å². The molecule has 0 spiro atoms. The summed E-state index contributed by atoms with van der Waals surface area (Å²) in [5.74, 6) is 0.167. The number of aromatic nitrogens is 1. The van der Waals surface area contributed by atoms with Gasteiger partial charge in [-0.3, -0.25) is 4.79 Å². The summed E-state index contributed by atoms with van der Waals surface area (Å²) in [4.78, 5) is 15.7. The minimum absolute atomic E-state index is 0.0610. The van der Waals surface area contributed by atoms with E-state index in [0.717, 1.165) is 0 Å². The number of alkyl halides is 2. The van der Waals surface area contributed by atoms with Crippen molar-refractivity contribution >= 4 is 17.7 Å². The van der Waals surface area contributed by atoms with E-state index in [9.17, 15) is 13.6 Å². The molecule has 0 aliphatic carbocycles. The third-order valence-corrected chi connectivity index (χ3v) is 2.75. The molecule has 1 heterocycles. The number of ether oxygens (including phenoxy) is 2. The Labute approximate surface area is 131 Å².